The molecular formula is C23H20F4N4O2. The Morgan fingerprint density at radius 2 is 1.85 bits per heavy atom. The maximum atomic E-state index is 13.4. The largest absolute Gasteiger partial charge is 0.423 e. The molecule has 3 heterocycles. The molecule has 0 aliphatic rings. The first kappa shape index (κ1) is 22.7. The number of carbonyl (C=O) groups excluding carboxylic acids is 1. The van der Waals surface area contributed by atoms with Gasteiger partial charge < -0.3 is 14.3 Å². The minimum absolute atomic E-state index is 0.126. The summed E-state index contributed by atoms with van der Waals surface area (Å²) in [5, 5.41) is 17.3. The Morgan fingerprint density at radius 3 is 2.48 bits per heavy atom. The van der Waals surface area contributed by atoms with Crippen LogP contribution in [0.25, 0.3) is 16.8 Å². The Kier molecular flexibility index (Phi) is 5.79. The highest BCUT2D eigenvalue weighted by Crippen LogP contribution is 2.40. The number of nitrogens with zero attached hydrogens (tertiary/aromatic N) is 4. The lowest BCUT2D eigenvalue weighted by atomic mass is 9.96. The maximum Gasteiger partial charge on any atom is 0.423 e. The molecular weight excluding hydrogens is 440 g/mol. The number of halogens is 4. The zero-order valence-electron chi connectivity index (χ0n) is 17.6. The lowest BCUT2D eigenvalue weighted by Crippen LogP contribution is -2.42. The summed E-state index contributed by atoms with van der Waals surface area (Å²) in [5.41, 5.74) is 0.113. The van der Waals surface area contributed by atoms with Crippen molar-refractivity contribution in [1.82, 2.24) is 19.4 Å². The number of aromatic nitrogens is 4. The Labute approximate surface area is 186 Å². The van der Waals surface area contributed by atoms with E-state index < -0.39 is 23.9 Å². The van der Waals surface area contributed by atoms with Gasteiger partial charge in [0, 0.05) is 18.1 Å². The fourth-order valence-corrected chi connectivity index (χ4v) is 3.84. The maximum absolute atomic E-state index is 13.4. The van der Waals surface area contributed by atoms with Crippen LogP contribution in [0.3, 0.4) is 0 Å². The van der Waals surface area contributed by atoms with Gasteiger partial charge in [-0.25, -0.2) is 9.07 Å². The minimum Gasteiger partial charge on any atom is -0.375 e. The molecule has 4 aromatic rings. The molecule has 0 saturated carbocycles. The van der Waals surface area contributed by atoms with Crippen molar-refractivity contribution in [3.63, 3.8) is 0 Å². The van der Waals surface area contributed by atoms with Crippen LogP contribution in [0.5, 0.6) is 0 Å². The van der Waals surface area contributed by atoms with Crippen LogP contribution in [0.2, 0.25) is 0 Å². The molecule has 3 aromatic heterocycles. The molecule has 1 unspecified atom stereocenters. The molecule has 10 heteroatoms. The van der Waals surface area contributed by atoms with E-state index in [1.165, 1.54) is 23.7 Å². The van der Waals surface area contributed by atoms with Crippen LogP contribution < -0.4 is 0 Å². The summed E-state index contributed by atoms with van der Waals surface area (Å²) in [7, 11) is 0. The van der Waals surface area contributed by atoms with E-state index in [1.54, 1.807) is 24.4 Å². The molecule has 0 spiro atoms. The van der Waals surface area contributed by atoms with E-state index in [2.05, 4.69) is 10.3 Å². The molecule has 0 fully saturated rings. The Hall–Kier alpha value is -3.53. The van der Waals surface area contributed by atoms with Crippen molar-refractivity contribution in [3.8, 4) is 11.3 Å². The van der Waals surface area contributed by atoms with Crippen LogP contribution >= 0.6 is 0 Å². The number of aldehydes is 1. The quantitative estimate of drug-likeness (QED) is 0.330. The molecule has 1 N–H and O–H groups in total. The summed E-state index contributed by atoms with van der Waals surface area (Å²) in [6, 6.07) is 11.4. The first-order valence-corrected chi connectivity index (χ1v) is 10.2. The molecule has 1 aromatic carbocycles. The van der Waals surface area contributed by atoms with Gasteiger partial charge in [-0.05, 0) is 65.6 Å². The van der Waals surface area contributed by atoms with Gasteiger partial charge in [-0.3, -0.25) is 0 Å². The van der Waals surface area contributed by atoms with Gasteiger partial charge in [-0.2, -0.15) is 13.2 Å². The normalized spacial score (nSPS) is 13.9. The number of fused-ring (bicyclic) bond motifs is 1. The van der Waals surface area contributed by atoms with Crippen molar-refractivity contribution in [1.29, 1.82) is 0 Å². The number of hydrogen-bond acceptors (Lipinski definition) is 4. The van der Waals surface area contributed by atoms with Crippen molar-refractivity contribution < 1.29 is 27.5 Å². The van der Waals surface area contributed by atoms with E-state index in [1.807, 2.05) is 16.5 Å². The molecule has 1 atom stereocenters. The van der Waals surface area contributed by atoms with Gasteiger partial charge in [-0.1, -0.05) is 12.1 Å². The van der Waals surface area contributed by atoms with Gasteiger partial charge in [0.2, 0.25) is 5.60 Å². The second kappa shape index (κ2) is 8.43. The van der Waals surface area contributed by atoms with Crippen LogP contribution in [0.4, 0.5) is 17.6 Å². The molecule has 0 aliphatic heterocycles. The van der Waals surface area contributed by atoms with Gasteiger partial charge in [0.1, 0.15) is 17.8 Å². The van der Waals surface area contributed by atoms with Gasteiger partial charge in [0.25, 0.3) is 0 Å². The van der Waals surface area contributed by atoms with Crippen molar-refractivity contribution in [3.05, 3.63) is 77.5 Å². The van der Waals surface area contributed by atoms with Gasteiger partial charge >= 0.3 is 6.18 Å². The summed E-state index contributed by atoms with van der Waals surface area (Å²) in [5.74, 6) is -0.369. The molecule has 0 bridgehead atoms. The molecule has 4 rings (SSSR count). The average Bonchev–Trinajstić information content (AvgIpc) is 3.38. The van der Waals surface area contributed by atoms with E-state index in [9.17, 15) is 27.5 Å². The molecule has 172 valence electrons. The lowest BCUT2D eigenvalue weighted by Gasteiger charge is -2.26. The number of alkyl halides is 3. The smallest absolute Gasteiger partial charge is 0.375 e. The molecule has 0 radical (unpaired) electrons. The van der Waals surface area contributed by atoms with Crippen LogP contribution in [0.15, 0.2) is 54.9 Å². The van der Waals surface area contributed by atoms with Gasteiger partial charge in [0.15, 0.2) is 0 Å². The summed E-state index contributed by atoms with van der Waals surface area (Å²) in [4.78, 5) is 11.2. The van der Waals surface area contributed by atoms with Gasteiger partial charge in [-0.15, -0.1) is 5.10 Å². The number of rotatable bonds is 7. The molecule has 0 amide bonds. The van der Waals surface area contributed by atoms with Crippen molar-refractivity contribution in [2.45, 2.75) is 38.1 Å². The standard InChI is InChI=1S/C23H20F4N4O2/c1-2-22(33,23(25,26)27)20-14-30(29-28-20)13-15-7-9-31-19(11-15)12-17(8-10-32)21(31)16-3-5-18(24)6-4-16/h3-7,9-12,14,33H,2,8,13H2,1H3. The van der Waals surface area contributed by atoms with E-state index in [0.717, 1.165) is 40.4 Å². The highest BCUT2D eigenvalue weighted by molar-refractivity contribution is 5.75. The van der Waals surface area contributed by atoms with Crippen LogP contribution in [-0.2, 0) is 23.4 Å². The molecule has 0 saturated heterocycles. The summed E-state index contributed by atoms with van der Waals surface area (Å²) in [6.45, 7) is 1.35. The molecule has 33 heavy (non-hydrogen) atoms. The zero-order valence-corrected chi connectivity index (χ0v) is 17.6. The Morgan fingerprint density at radius 1 is 1.12 bits per heavy atom. The number of aliphatic hydroxyl groups is 1. The first-order valence-electron chi connectivity index (χ1n) is 10.2. The Balaban J connectivity index is 1.68. The van der Waals surface area contributed by atoms with Crippen LogP contribution in [0, 0.1) is 5.82 Å². The average molecular weight is 460 g/mol. The van der Waals surface area contributed by atoms with Crippen molar-refractivity contribution in [2.75, 3.05) is 0 Å². The first-order chi connectivity index (χ1) is 15.7. The SMILES string of the molecule is CCC(O)(c1cn(Cc2ccn3c(-c4ccc(F)cc4)c(CC=O)cc3c2)nn1)C(F)(F)F. The van der Waals surface area contributed by atoms with Crippen LogP contribution in [-0.4, -0.2) is 37.0 Å². The Bertz CT molecular complexity index is 1290. The summed E-state index contributed by atoms with van der Waals surface area (Å²) >= 11 is 0. The summed E-state index contributed by atoms with van der Waals surface area (Å²) in [6.07, 6.45) is -1.65. The summed E-state index contributed by atoms with van der Waals surface area (Å²) < 4.78 is 56.3. The molecule has 0 aliphatic carbocycles. The van der Waals surface area contributed by atoms with E-state index in [0.29, 0.717) is 0 Å². The second-order valence-electron chi connectivity index (χ2n) is 7.74. The number of carbonyl (C=O) groups is 1. The van der Waals surface area contributed by atoms with E-state index in [-0.39, 0.29) is 18.8 Å². The number of benzene rings is 1. The van der Waals surface area contributed by atoms with Crippen molar-refractivity contribution in [2.24, 2.45) is 0 Å². The second-order valence-corrected chi connectivity index (χ2v) is 7.74. The van der Waals surface area contributed by atoms with Crippen LogP contribution in [0.1, 0.15) is 30.2 Å². The highest BCUT2D eigenvalue weighted by Gasteiger charge is 2.55. The van der Waals surface area contributed by atoms with E-state index in [4.69, 9.17) is 0 Å². The minimum atomic E-state index is -4.88. The topological polar surface area (TPSA) is 72.4 Å². The zero-order chi connectivity index (χ0) is 23.8. The van der Waals surface area contributed by atoms with E-state index >= 15 is 0 Å². The third kappa shape index (κ3) is 4.13. The fraction of sp³-hybridized carbons (Fsp3) is 0.261. The predicted molar refractivity (Wildman–Crippen MR) is 112 cm³/mol. The number of hydrogen-bond donors (Lipinski definition) is 1. The molecule has 6 nitrogen and oxygen atoms in total. The highest BCUT2D eigenvalue weighted by atomic mass is 19.4. The number of pyridine rings is 1. The third-order valence-corrected chi connectivity index (χ3v) is 5.62. The van der Waals surface area contributed by atoms with Crippen molar-refractivity contribution >= 4 is 11.8 Å². The monoisotopic (exact) mass is 460 g/mol. The van der Waals surface area contributed by atoms with Gasteiger partial charge in [0.05, 0.1) is 18.4 Å². The lowest BCUT2D eigenvalue weighted by molar-refractivity contribution is -0.269. The predicted octanol–water partition coefficient (Wildman–Crippen LogP) is 4.29. The third-order valence-electron chi connectivity index (χ3n) is 5.62. The fourth-order valence-electron chi connectivity index (χ4n) is 3.84.